The normalized spacial score (nSPS) is 26.2. The molecule has 0 spiro atoms. The van der Waals surface area contributed by atoms with Crippen LogP contribution in [-0.2, 0) is 14.4 Å². The maximum Gasteiger partial charge on any atom is 0.233 e. The van der Waals surface area contributed by atoms with Crippen molar-refractivity contribution in [1.82, 2.24) is 9.80 Å². The van der Waals surface area contributed by atoms with Crippen molar-refractivity contribution in [2.45, 2.75) is 39.0 Å². The first kappa shape index (κ1) is 19.2. The van der Waals surface area contributed by atoms with Gasteiger partial charge in [-0.2, -0.15) is 0 Å². The van der Waals surface area contributed by atoms with Crippen molar-refractivity contribution in [2.75, 3.05) is 18.8 Å². The zero-order valence-corrected chi connectivity index (χ0v) is 16.9. The highest BCUT2D eigenvalue weighted by Gasteiger charge is 2.48. The van der Waals surface area contributed by atoms with Crippen LogP contribution in [0.25, 0.3) is 0 Å². The van der Waals surface area contributed by atoms with Crippen molar-refractivity contribution in [3.05, 3.63) is 29.8 Å². The smallest absolute Gasteiger partial charge is 0.233 e. The molecule has 4 rings (SSSR count). The Kier molecular flexibility index (Phi) is 5.53. The first-order valence-electron chi connectivity index (χ1n) is 9.99. The summed E-state index contributed by atoms with van der Waals surface area (Å²) in [4.78, 5) is 45.6. The van der Waals surface area contributed by atoms with Crippen LogP contribution >= 0.6 is 11.8 Å². The molecule has 28 heavy (non-hydrogen) atoms. The lowest BCUT2D eigenvalue weighted by Crippen LogP contribution is -2.37. The van der Waals surface area contributed by atoms with Gasteiger partial charge in [-0.25, -0.2) is 4.99 Å². The number of fused-ring (bicyclic) bond motifs is 1. The summed E-state index contributed by atoms with van der Waals surface area (Å²) in [5, 5.41) is 0.701. The molecule has 0 unspecified atom stereocenters. The number of para-hydroxylation sites is 1. The van der Waals surface area contributed by atoms with Crippen LogP contribution in [0.5, 0.6) is 0 Å². The highest BCUT2D eigenvalue weighted by atomic mass is 32.2. The lowest BCUT2D eigenvalue weighted by atomic mass is 9.81. The van der Waals surface area contributed by atoms with Crippen LogP contribution in [0.15, 0.2) is 29.3 Å². The Labute approximate surface area is 169 Å². The second kappa shape index (κ2) is 8.07. The molecular weight excluding hydrogens is 374 g/mol. The summed E-state index contributed by atoms with van der Waals surface area (Å²) >= 11 is 1.57. The third-order valence-corrected chi connectivity index (χ3v) is 6.85. The number of carbonyl (C=O) groups is 3. The van der Waals surface area contributed by atoms with Gasteiger partial charge in [0.1, 0.15) is 0 Å². The van der Waals surface area contributed by atoms with Gasteiger partial charge in [0.05, 0.1) is 17.5 Å². The number of amides is 3. The standard InChI is InChI=1S/C21H25N3O3S/c1-14-6-2-5-9-17(14)22-21-23(12-13-28-21)18(25)10-11-24-19(26)15-7-3-4-8-16(15)20(24)27/h2,5-6,9,15-16H,3-4,7-8,10-13H2,1H3/t15-,16-/m1/s1. The Morgan fingerprint density at radius 2 is 1.82 bits per heavy atom. The molecule has 2 heterocycles. The largest absolute Gasteiger partial charge is 0.290 e. The molecule has 1 aromatic carbocycles. The molecule has 1 saturated carbocycles. The summed E-state index contributed by atoms with van der Waals surface area (Å²) in [6, 6.07) is 7.83. The molecule has 1 aromatic rings. The van der Waals surface area contributed by atoms with Gasteiger partial charge in [0, 0.05) is 25.3 Å². The average Bonchev–Trinajstić information content (AvgIpc) is 3.26. The highest BCUT2D eigenvalue weighted by Crippen LogP contribution is 2.38. The van der Waals surface area contributed by atoms with Gasteiger partial charge in [0.25, 0.3) is 0 Å². The SMILES string of the molecule is Cc1ccccc1N=C1SCCN1C(=O)CCN1C(=O)[C@@H]2CCCC[C@H]2C1=O. The molecular formula is C21H25N3O3S. The molecule has 3 amide bonds. The van der Waals surface area contributed by atoms with E-state index in [0.29, 0.717) is 11.7 Å². The van der Waals surface area contributed by atoms with E-state index in [1.807, 2.05) is 31.2 Å². The fraction of sp³-hybridized carbons (Fsp3) is 0.524. The summed E-state index contributed by atoms with van der Waals surface area (Å²) in [5.41, 5.74) is 1.92. The molecule has 2 aliphatic heterocycles. The summed E-state index contributed by atoms with van der Waals surface area (Å²) in [5.74, 6) is 0.267. The van der Waals surface area contributed by atoms with Crippen molar-refractivity contribution < 1.29 is 14.4 Å². The zero-order chi connectivity index (χ0) is 19.7. The number of amidine groups is 1. The Bertz CT molecular complexity index is 814. The van der Waals surface area contributed by atoms with E-state index in [9.17, 15) is 14.4 Å². The molecule has 6 nitrogen and oxygen atoms in total. The molecule has 2 saturated heterocycles. The number of benzene rings is 1. The topological polar surface area (TPSA) is 70.1 Å². The molecule has 3 fully saturated rings. The number of rotatable bonds is 4. The summed E-state index contributed by atoms with van der Waals surface area (Å²) in [6.45, 7) is 2.79. The van der Waals surface area contributed by atoms with Crippen molar-refractivity contribution in [3.8, 4) is 0 Å². The van der Waals surface area contributed by atoms with Crippen LogP contribution in [0, 0.1) is 18.8 Å². The quantitative estimate of drug-likeness (QED) is 0.730. The number of nitrogens with zero attached hydrogens (tertiary/aromatic N) is 3. The van der Waals surface area contributed by atoms with Gasteiger partial charge in [-0.05, 0) is 31.4 Å². The maximum absolute atomic E-state index is 12.8. The minimum atomic E-state index is -0.156. The van der Waals surface area contributed by atoms with Gasteiger partial charge in [0.2, 0.25) is 17.7 Å². The van der Waals surface area contributed by atoms with E-state index in [4.69, 9.17) is 0 Å². The van der Waals surface area contributed by atoms with Crippen molar-refractivity contribution in [3.63, 3.8) is 0 Å². The fourth-order valence-electron chi connectivity index (χ4n) is 4.31. The Morgan fingerprint density at radius 3 is 2.50 bits per heavy atom. The van der Waals surface area contributed by atoms with Gasteiger partial charge in [0.15, 0.2) is 5.17 Å². The van der Waals surface area contributed by atoms with Crippen LogP contribution in [0.4, 0.5) is 5.69 Å². The minimum Gasteiger partial charge on any atom is -0.290 e. The molecule has 0 radical (unpaired) electrons. The Hall–Kier alpha value is -2.15. The van der Waals surface area contributed by atoms with Crippen LogP contribution in [0.1, 0.15) is 37.7 Å². The number of aryl methyl sites for hydroxylation is 1. The van der Waals surface area contributed by atoms with Crippen LogP contribution in [-0.4, -0.2) is 51.5 Å². The number of carbonyl (C=O) groups excluding carboxylic acids is 3. The fourth-order valence-corrected chi connectivity index (χ4v) is 5.28. The number of likely N-dealkylation sites (tertiary alicyclic amines) is 1. The average molecular weight is 400 g/mol. The van der Waals surface area contributed by atoms with Crippen molar-refractivity contribution >= 4 is 40.3 Å². The molecule has 2 atom stereocenters. The highest BCUT2D eigenvalue weighted by molar-refractivity contribution is 8.14. The summed E-state index contributed by atoms with van der Waals surface area (Å²) in [7, 11) is 0. The first-order valence-corrected chi connectivity index (χ1v) is 11.0. The van der Waals surface area contributed by atoms with Crippen molar-refractivity contribution in [1.29, 1.82) is 0 Å². The van der Waals surface area contributed by atoms with Crippen molar-refractivity contribution in [2.24, 2.45) is 16.8 Å². The lowest BCUT2D eigenvalue weighted by Gasteiger charge is -2.19. The number of imide groups is 1. The minimum absolute atomic E-state index is 0.0761. The monoisotopic (exact) mass is 399 g/mol. The molecule has 0 bridgehead atoms. The predicted molar refractivity (Wildman–Crippen MR) is 109 cm³/mol. The van der Waals surface area contributed by atoms with E-state index in [0.717, 1.165) is 42.7 Å². The molecule has 0 aromatic heterocycles. The number of hydrogen-bond donors (Lipinski definition) is 0. The van der Waals surface area contributed by atoms with Crippen LogP contribution < -0.4 is 0 Å². The number of aliphatic imine (C=N–C) groups is 1. The second-order valence-electron chi connectivity index (χ2n) is 7.65. The maximum atomic E-state index is 12.8. The Balaban J connectivity index is 1.41. The third-order valence-electron chi connectivity index (χ3n) is 5.89. The molecule has 3 aliphatic rings. The molecule has 1 aliphatic carbocycles. The Morgan fingerprint density at radius 1 is 1.14 bits per heavy atom. The van der Waals surface area contributed by atoms with E-state index in [2.05, 4.69) is 4.99 Å². The van der Waals surface area contributed by atoms with Crippen LogP contribution in [0.3, 0.4) is 0 Å². The summed E-state index contributed by atoms with van der Waals surface area (Å²) < 4.78 is 0. The predicted octanol–water partition coefficient (Wildman–Crippen LogP) is 3.12. The third kappa shape index (κ3) is 3.60. The number of thioether (sulfide) groups is 1. The number of hydrogen-bond acceptors (Lipinski definition) is 5. The summed E-state index contributed by atoms with van der Waals surface area (Å²) in [6.07, 6.45) is 3.78. The van der Waals surface area contributed by atoms with Gasteiger partial charge >= 0.3 is 0 Å². The molecule has 148 valence electrons. The molecule has 0 N–H and O–H groups in total. The van der Waals surface area contributed by atoms with E-state index < -0.39 is 0 Å². The molecule has 7 heteroatoms. The van der Waals surface area contributed by atoms with E-state index in [1.165, 1.54) is 4.90 Å². The van der Waals surface area contributed by atoms with E-state index in [-0.39, 0.29) is 42.5 Å². The van der Waals surface area contributed by atoms with Gasteiger partial charge < -0.3 is 0 Å². The first-order chi connectivity index (χ1) is 13.6. The van der Waals surface area contributed by atoms with E-state index >= 15 is 0 Å². The second-order valence-corrected chi connectivity index (χ2v) is 8.71. The lowest BCUT2D eigenvalue weighted by molar-refractivity contribution is -0.140. The van der Waals surface area contributed by atoms with Gasteiger partial charge in [-0.1, -0.05) is 42.8 Å². The van der Waals surface area contributed by atoms with E-state index in [1.54, 1.807) is 16.7 Å². The zero-order valence-electron chi connectivity index (χ0n) is 16.1. The van der Waals surface area contributed by atoms with Gasteiger partial charge in [-0.3, -0.25) is 24.2 Å². The van der Waals surface area contributed by atoms with Gasteiger partial charge in [-0.15, -0.1) is 0 Å². The van der Waals surface area contributed by atoms with Crippen LogP contribution in [0.2, 0.25) is 0 Å².